The molecule has 4 aliphatic rings. The predicted molar refractivity (Wildman–Crippen MR) is 228 cm³/mol. The smallest absolute Gasteiger partial charge is 0.340 e. The number of fused-ring (bicyclic) bond motifs is 8. The molecule has 3 aromatic carbocycles. The molecule has 61 heavy (non-hydrogen) atoms. The van der Waals surface area contributed by atoms with Gasteiger partial charge in [-0.3, -0.25) is 9.88 Å². The van der Waals surface area contributed by atoms with Gasteiger partial charge in [-0.25, -0.2) is 24.5 Å². The first-order chi connectivity index (χ1) is 28.9. The Morgan fingerprint density at radius 3 is 2.07 bits per heavy atom. The van der Waals surface area contributed by atoms with Crippen molar-refractivity contribution in [2.45, 2.75) is 113 Å². The van der Waals surface area contributed by atoms with Crippen molar-refractivity contribution in [3.8, 4) is 23.0 Å². The number of nitrogens with zero attached hydrogens (tertiary/aromatic N) is 4. The van der Waals surface area contributed by atoms with Crippen LogP contribution in [0.15, 0.2) is 67.3 Å². The molecule has 4 atom stereocenters. The molecule has 6 heterocycles. The van der Waals surface area contributed by atoms with Gasteiger partial charge in [-0.1, -0.05) is 61.5 Å². The van der Waals surface area contributed by atoms with Gasteiger partial charge in [0.1, 0.15) is 52.6 Å². The van der Waals surface area contributed by atoms with Gasteiger partial charge >= 0.3 is 12.0 Å². The third-order valence-corrected chi connectivity index (χ3v) is 26.4. The molecule has 0 aliphatic carbocycles. The first-order valence-electron chi connectivity index (χ1n) is 20.6. The maximum absolute atomic E-state index is 13.6. The number of phenols is 2. The van der Waals surface area contributed by atoms with E-state index in [0.29, 0.717) is 22.3 Å². The predicted octanol–water partition coefficient (Wildman–Crippen LogP) is 7.47. The third-order valence-electron chi connectivity index (χ3n) is 13.5. The Hall–Kier alpha value is -5.38. The number of rotatable bonds is 7. The number of aromatic hydroxyl groups is 2. The number of ether oxygens (including phenoxy) is 3. The minimum absolute atomic E-state index is 0.0222. The van der Waals surface area contributed by atoms with E-state index in [4.69, 9.17) is 18.3 Å². The standard InChI is InChI=1S/C43H50N6O10Si2/c1-21(2)60(22(3)4)40(53)36-42(55,61(59-60,23(5)6)24(7)8)18-34(57-36)49-20-46-35-37(44-19-45-38(35)49)48-41(54)47-25-9-12-29-28(15-25)39(52)58-43(29)30-13-10-26(50)16-32(30)56-33-17-27(51)11-14-31(33)43/h9-17,19-24,34,36,40,50-51,53,55H,18H2,1-8H3,(H2,44,45,47,48,54)/t34-,36-,40?,42-/m1/s1. The van der Waals surface area contributed by atoms with Gasteiger partial charge in [0.2, 0.25) is 16.6 Å². The number of amides is 2. The molecule has 1 unspecified atom stereocenters. The molecule has 2 amide bonds. The van der Waals surface area contributed by atoms with Crippen LogP contribution in [0.2, 0.25) is 22.2 Å². The molecule has 5 aromatic rings. The summed E-state index contributed by atoms with van der Waals surface area (Å²) in [4.78, 5) is 40.6. The van der Waals surface area contributed by atoms with Crippen LogP contribution in [0.1, 0.15) is 95.1 Å². The van der Waals surface area contributed by atoms with E-state index in [0.717, 1.165) is 0 Å². The van der Waals surface area contributed by atoms with Crippen LogP contribution >= 0.6 is 0 Å². The number of carbonyl (C=O) groups is 2. The van der Waals surface area contributed by atoms with Crippen molar-refractivity contribution in [2.24, 2.45) is 0 Å². The number of urea groups is 1. The SMILES string of the molecule is CC(C)[Si]1(C(C)C)O[Si](C(C)C)(C(C)C)[C@]2(O)C[C@H](n3cnc4c(NC(=O)Nc5ccc6c(c5)C(=O)OC65c6ccc(O)cc6Oc6cc(O)ccc65)ncnc43)O[C@@H]2C1O. The lowest BCUT2D eigenvalue weighted by molar-refractivity contribution is -0.0907. The highest BCUT2D eigenvalue weighted by Crippen LogP contribution is 2.61. The molecule has 2 saturated heterocycles. The zero-order valence-electron chi connectivity index (χ0n) is 35.1. The number of aromatic nitrogens is 4. The Morgan fingerprint density at radius 1 is 0.836 bits per heavy atom. The Bertz CT molecular complexity index is 2550. The fourth-order valence-corrected chi connectivity index (χ4v) is 26.5. The molecule has 0 bridgehead atoms. The second kappa shape index (κ2) is 14.1. The quantitative estimate of drug-likeness (QED) is 0.0692. The summed E-state index contributed by atoms with van der Waals surface area (Å²) in [5.41, 5.74) is 0.286. The number of hydrogen-bond acceptors (Lipinski definition) is 13. The second-order valence-electron chi connectivity index (χ2n) is 17.9. The first-order valence-corrected chi connectivity index (χ1v) is 24.8. The van der Waals surface area contributed by atoms with Crippen LogP contribution in [-0.2, 0) is 19.2 Å². The summed E-state index contributed by atoms with van der Waals surface area (Å²) in [6.45, 7) is 16.9. The monoisotopic (exact) mass is 866 g/mol. The maximum atomic E-state index is 13.6. The second-order valence-corrected chi connectivity index (χ2v) is 28.1. The number of aliphatic hydroxyl groups excluding tert-OH is 1. The van der Waals surface area contributed by atoms with Gasteiger partial charge in [0, 0.05) is 40.9 Å². The number of imidazole rings is 1. The molecular weight excluding hydrogens is 817 g/mol. The summed E-state index contributed by atoms with van der Waals surface area (Å²) >= 11 is 0. The first kappa shape index (κ1) is 41.0. The van der Waals surface area contributed by atoms with Gasteiger partial charge in [-0.2, -0.15) is 0 Å². The number of phenolic OH excluding ortho intramolecular Hbond substituents is 2. The zero-order chi connectivity index (χ0) is 43.6. The van der Waals surface area contributed by atoms with Crippen LogP contribution in [-0.4, -0.2) is 85.6 Å². The third kappa shape index (κ3) is 5.65. The van der Waals surface area contributed by atoms with Crippen LogP contribution in [0.3, 0.4) is 0 Å². The van der Waals surface area contributed by atoms with Crippen LogP contribution in [0.5, 0.6) is 23.0 Å². The van der Waals surface area contributed by atoms with Crippen molar-refractivity contribution >= 4 is 51.3 Å². The normalized spacial score (nSPS) is 24.1. The highest BCUT2D eigenvalue weighted by molar-refractivity contribution is 6.93. The summed E-state index contributed by atoms with van der Waals surface area (Å²) in [5.74, 6) is -0.148. The number of esters is 1. The summed E-state index contributed by atoms with van der Waals surface area (Å²) < 4.78 is 28.1. The minimum Gasteiger partial charge on any atom is -0.508 e. The van der Waals surface area contributed by atoms with Gasteiger partial charge in [0.25, 0.3) is 0 Å². The van der Waals surface area contributed by atoms with Gasteiger partial charge in [0.05, 0.1) is 11.9 Å². The van der Waals surface area contributed by atoms with E-state index in [2.05, 4.69) is 81.0 Å². The number of anilines is 2. The maximum Gasteiger partial charge on any atom is 0.340 e. The van der Waals surface area contributed by atoms with Gasteiger partial charge in [-0.05, 0) is 58.6 Å². The summed E-state index contributed by atoms with van der Waals surface area (Å²) in [6, 6.07) is 13.2. The molecule has 4 aliphatic heterocycles. The Balaban J connectivity index is 0.999. The molecule has 2 aromatic heterocycles. The van der Waals surface area contributed by atoms with Crippen LogP contribution < -0.4 is 15.4 Å². The molecule has 18 heteroatoms. The Labute approximate surface area is 354 Å². The molecule has 9 rings (SSSR count). The Kier molecular flexibility index (Phi) is 9.46. The molecule has 2 fully saturated rings. The number of aliphatic hydroxyl groups is 2. The van der Waals surface area contributed by atoms with Crippen molar-refractivity contribution in [1.82, 2.24) is 19.5 Å². The highest BCUT2D eigenvalue weighted by Gasteiger charge is 2.76. The average Bonchev–Trinajstić information content (AvgIpc) is 3.87. The van der Waals surface area contributed by atoms with E-state index in [1.807, 2.05) is 0 Å². The molecule has 16 nitrogen and oxygen atoms in total. The highest BCUT2D eigenvalue weighted by atomic mass is 28.4. The fraction of sp³-hybridized carbons (Fsp3) is 0.419. The van der Waals surface area contributed by atoms with Gasteiger partial charge in [0.15, 0.2) is 22.6 Å². The lowest BCUT2D eigenvalue weighted by atomic mass is 9.77. The van der Waals surface area contributed by atoms with E-state index in [-0.39, 0.29) is 74.2 Å². The molecular formula is C43H50N6O10Si2. The lowest BCUT2D eigenvalue weighted by Crippen LogP contribution is -2.82. The van der Waals surface area contributed by atoms with Crippen molar-refractivity contribution in [3.63, 3.8) is 0 Å². The summed E-state index contributed by atoms with van der Waals surface area (Å²) in [5, 5.41) is 49.7. The van der Waals surface area contributed by atoms with E-state index in [1.165, 1.54) is 36.7 Å². The van der Waals surface area contributed by atoms with Crippen LogP contribution in [0, 0.1) is 0 Å². The molecule has 320 valence electrons. The van der Waals surface area contributed by atoms with Crippen molar-refractivity contribution in [1.29, 1.82) is 0 Å². The van der Waals surface area contributed by atoms with Crippen molar-refractivity contribution in [2.75, 3.05) is 10.6 Å². The largest absolute Gasteiger partial charge is 0.508 e. The van der Waals surface area contributed by atoms with E-state index < -0.39 is 57.5 Å². The zero-order valence-corrected chi connectivity index (χ0v) is 37.1. The Morgan fingerprint density at radius 2 is 1.46 bits per heavy atom. The minimum atomic E-state index is -3.10. The van der Waals surface area contributed by atoms with Crippen LogP contribution in [0.4, 0.5) is 16.3 Å². The topological polar surface area (TPSA) is 220 Å². The van der Waals surface area contributed by atoms with Gasteiger partial charge < -0.3 is 44.1 Å². The van der Waals surface area contributed by atoms with Gasteiger partial charge in [-0.15, -0.1) is 0 Å². The lowest BCUT2D eigenvalue weighted by Gasteiger charge is -2.62. The number of benzene rings is 3. The summed E-state index contributed by atoms with van der Waals surface area (Å²) in [7, 11) is -6.03. The van der Waals surface area contributed by atoms with E-state index in [9.17, 15) is 30.0 Å². The fourth-order valence-electron chi connectivity index (χ4n) is 11.0. The van der Waals surface area contributed by atoms with Crippen LogP contribution in [0.25, 0.3) is 11.2 Å². The van der Waals surface area contributed by atoms with E-state index >= 15 is 0 Å². The number of hydrogen-bond donors (Lipinski definition) is 6. The summed E-state index contributed by atoms with van der Waals surface area (Å²) in [6.07, 6.45) is 1.38. The number of carbonyl (C=O) groups excluding carboxylic acids is 2. The van der Waals surface area contributed by atoms with Crippen molar-refractivity contribution < 1.29 is 48.3 Å². The molecule has 6 N–H and O–H groups in total. The average molecular weight is 867 g/mol. The number of nitrogens with one attached hydrogen (secondary N) is 2. The molecule has 0 saturated carbocycles. The van der Waals surface area contributed by atoms with Crippen molar-refractivity contribution in [3.05, 3.63) is 89.5 Å². The van der Waals surface area contributed by atoms with E-state index in [1.54, 1.807) is 35.2 Å². The molecule has 0 radical (unpaired) electrons. The molecule has 1 spiro atoms.